The van der Waals surface area contributed by atoms with E-state index in [2.05, 4.69) is 0 Å². The maximum absolute atomic E-state index is 11.4. The summed E-state index contributed by atoms with van der Waals surface area (Å²) in [6.45, 7) is 0. The van der Waals surface area contributed by atoms with Gasteiger partial charge < -0.3 is 5.11 Å². The third-order valence-corrected chi connectivity index (χ3v) is 4.44. The van der Waals surface area contributed by atoms with Gasteiger partial charge in [-0.05, 0) is 24.5 Å². The lowest BCUT2D eigenvalue weighted by molar-refractivity contribution is -0.137. The van der Waals surface area contributed by atoms with E-state index in [-0.39, 0.29) is 11.3 Å². The first-order valence-electron chi connectivity index (χ1n) is 5.11. The molecule has 0 amide bonds. The van der Waals surface area contributed by atoms with Crippen LogP contribution in [0.15, 0.2) is 29.2 Å². The van der Waals surface area contributed by atoms with Crippen molar-refractivity contribution in [3.05, 3.63) is 29.8 Å². The summed E-state index contributed by atoms with van der Waals surface area (Å²) in [7, 11) is 1.53. The van der Waals surface area contributed by atoms with Crippen molar-refractivity contribution in [2.45, 2.75) is 29.6 Å². The topological polar surface area (TPSA) is 71.4 Å². The van der Waals surface area contributed by atoms with Crippen molar-refractivity contribution >= 4 is 25.7 Å². The van der Waals surface area contributed by atoms with Crippen LogP contribution in [0.3, 0.4) is 0 Å². The van der Waals surface area contributed by atoms with E-state index in [1.807, 2.05) is 0 Å². The van der Waals surface area contributed by atoms with Crippen molar-refractivity contribution in [3.63, 3.8) is 0 Å². The largest absolute Gasteiger partial charge is 0.481 e. The van der Waals surface area contributed by atoms with Crippen LogP contribution < -0.4 is 0 Å². The Balaban J connectivity index is 2.50. The predicted molar refractivity (Wildman–Crippen MR) is 62.6 cm³/mol. The third kappa shape index (κ3) is 2.45. The molecule has 1 aliphatic carbocycles. The second kappa shape index (κ2) is 3.99. The molecule has 0 aromatic heterocycles. The van der Waals surface area contributed by atoms with Crippen LogP contribution in [0, 0.1) is 0 Å². The average Bonchev–Trinajstić information content (AvgIpc) is 2.97. The Hall–Kier alpha value is -1.07. The minimum atomic E-state index is -3.83. The standard InChI is InChI=1S/C11H11ClO4S/c12-17(15,16)9-4-2-1-3-8(9)11(5-6-11)7-10(13)14/h1-4H,5-7H2,(H,13,14). The van der Waals surface area contributed by atoms with Crippen LogP contribution in [0.2, 0.25) is 0 Å². The Bertz CT molecular complexity index is 561. The van der Waals surface area contributed by atoms with E-state index in [0.29, 0.717) is 18.4 Å². The molecule has 1 fully saturated rings. The molecule has 92 valence electrons. The molecule has 0 aliphatic heterocycles. The van der Waals surface area contributed by atoms with Crippen molar-refractivity contribution < 1.29 is 18.3 Å². The van der Waals surface area contributed by atoms with Gasteiger partial charge in [-0.2, -0.15) is 0 Å². The summed E-state index contributed by atoms with van der Waals surface area (Å²) in [5, 5.41) is 8.86. The summed E-state index contributed by atoms with van der Waals surface area (Å²) in [5.41, 5.74) is -0.0258. The molecule has 1 aliphatic rings. The zero-order valence-electron chi connectivity index (χ0n) is 8.89. The molecule has 0 atom stereocenters. The highest BCUT2D eigenvalue weighted by Gasteiger charge is 2.48. The quantitative estimate of drug-likeness (QED) is 0.854. The van der Waals surface area contributed by atoms with E-state index in [0.717, 1.165) is 0 Å². The van der Waals surface area contributed by atoms with Gasteiger partial charge in [0.2, 0.25) is 0 Å². The second-order valence-corrected chi connectivity index (χ2v) is 6.82. The number of aliphatic carboxylic acids is 1. The van der Waals surface area contributed by atoms with Gasteiger partial charge in [0.25, 0.3) is 9.05 Å². The van der Waals surface area contributed by atoms with Gasteiger partial charge in [-0.25, -0.2) is 8.42 Å². The number of halogens is 1. The molecule has 0 unspecified atom stereocenters. The molecule has 17 heavy (non-hydrogen) atoms. The minimum absolute atomic E-state index is 0.0282. The van der Waals surface area contributed by atoms with Crippen LogP contribution >= 0.6 is 10.7 Å². The summed E-state index contributed by atoms with van der Waals surface area (Å²) >= 11 is 0. The van der Waals surface area contributed by atoms with E-state index >= 15 is 0 Å². The lowest BCUT2D eigenvalue weighted by Crippen LogP contribution is -2.15. The molecule has 0 bridgehead atoms. The van der Waals surface area contributed by atoms with Crippen LogP contribution in [0.25, 0.3) is 0 Å². The molecule has 6 heteroatoms. The number of carbonyl (C=O) groups is 1. The zero-order chi connectivity index (χ0) is 12.7. The maximum Gasteiger partial charge on any atom is 0.304 e. The van der Waals surface area contributed by atoms with Crippen molar-refractivity contribution in [2.24, 2.45) is 0 Å². The summed E-state index contributed by atoms with van der Waals surface area (Å²) in [5.74, 6) is -0.927. The highest BCUT2D eigenvalue weighted by molar-refractivity contribution is 8.13. The second-order valence-electron chi connectivity index (χ2n) is 4.28. The molecule has 2 rings (SSSR count). The molecule has 0 saturated heterocycles. The number of hydrogen-bond donors (Lipinski definition) is 1. The van der Waals surface area contributed by atoms with Crippen molar-refractivity contribution in [3.8, 4) is 0 Å². The Morgan fingerprint density at radius 3 is 2.41 bits per heavy atom. The maximum atomic E-state index is 11.4. The van der Waals surface area contributed by atoms with Gasteiger partial charge in [0.1, 0.15) is 0 Å². The van der Waals surface area contributed by atoms with Gasteiger partial charge in [0.15, 0.2) is 0 Å². The van der Waals surface area contributed by atoms with Gasteiger partial charge in [-0.15, -0.1) is 0 Å². The molecular formula is C11H11ClO4S. The number of benzene rings is 1. The van der Waals surface area contributed by atoms with E-state index in [4.69, 9.17) is 15.8 Å². The SMILES string of the molecule is O=C(O)CC1(c2ccccc2S(=O)(=O)Cl)CC1. The Kier molecular flexibility index (Phi) is 2.91. The molecule has 0 spiro atoms. The number of hydrogen-bond acceptors (Lipinski definition) is 3. The van der Waals surface area contributed by atoms with E-state index in [1.54, 1.807) is 18.2 Å². The molecule has 1 aromatic rings. The molecule has 0 radical (unpaired) electrons. The molecule has 4 nitrogen and oxygen atoms in total. The summed E-state index contributed by atoms with van der Waals surface area (Å²) in [6.07, 6.45) is 1.31. The van der Waals surface area contributed by atoms with Crippen LogP contribution in [0.5, 0.6) is 0 Å². The Morgan fingerprint density at radius 2 is 1.94 bits per heavy atom. The smallest absolute Gasteiger partial charge is 0.304 e. The molecule has 1 aromatic carbocycles. The fourth-order valence-corrected chi connectivity index (χ4v) is 3.29. The highest BCUT2D eigenvalue weighted by atomic mass is 35.7. The Morgan fingerprint density at radius 1 is 1.35 bits per heavy atom. The zero-order valence-corrected chi connectivity index (χ0v) is 10.5. The molecule has 1 saturated carbocycles. The summed E-state index contributed by atoms with van der Waals surface area (Å²) in [6, 6.07) is 6.34. The van der Waals surface area contributed by atoms with E-state index < -0.39 is 20.4 Å². The van der Waals surface area contributed by atoms with Crippen molar-refractivity contribution in [2.75, 3.05) is 0 Å². The first kappa shape index (κ1) is 12.4. The normalized spacial score (nSPS) is 17.7. The predicted octanol–water partition coefficient (Wildman–Crippen LogP) is 2.12. The van der Waals surface area contributed by atoms with Gasteiger partial charge in [-0.3, -0.25) is 4.79 Å². The van der Waals surface area contributed by atoms with Crippen LogP contribution in [-0.4, -0.2) is 19.5 Å². The van der Waals surface area contributed by atoms with E-state index in [9.17, 15) is 13.2 Å². The average molecular weight is 275 g/mol. The summed E-state index contributed by atoms with van der Waals surface area (Å²) in [4.78, 5) is 10.8. The van der Waals surface area contributed by atoms with Crippen molar-refractivity contribution in [1.82, 2.24) is 0 Å². The van der Waals surface area contributed by atoms with Crippen LogP contribution in [-0.2, 0) is 19.3 Å². The number of carboxylic acid groups (broad SMARTS) is 1. The number of carboxylic acids is 1. The first-order chi connectivity index (χ1) is 7.85. The van der Waals surface area contributed by atoms with Crippen molar-refractivity contribution in [1.29, 1.82) is 0 Å². The summed E-state index contributed by atoms with van der Waals surface area (Å²) < 4.78 is 22.9. The van der Waals surface area contributed by atoms with Gasteiger partial charge >= 0.3 is 5.97 Å². The monoisotopic (exact) mass is 274 g/mol. The van der Waals surface area contributed by atoms with Crippen LogP contribution in [0.4, 0.5) is 0 Å². The fraction of sp³-hybridized carbons (Fsp3) is 0.364. The Labute approximate surface area is 104 Å². The highest BCUT2D eigenvalue weighted by Crippen LogP contribution is 2.53. The number of rotatable bonds is 4. The van der Waals surface area contributed by atoms with Gasteiger partial charge in [-0.1, -0.05) is 18.2 Å². The minimum Gasteiger partial charge on any atom is -0.481 e. The lowest BCUT2D eigenvalue weighted by Gasteiger charge is -2.15. The van der Waals surface area contributed by atoms with E-state index in [1.165, 1.54) is 6.07 Å². The lowest BCUT2D eigenvalue weighted by atomic mass is 9.92. The molecule has 0 heterocycles. The molecule has 1 N–H and O–H groups in total. The van der Waals surface area contributed by atoms with Gasteiger partial charge in [0.05, 0.1) is 11.3 Å². The fourth-order valence-electron chi connectivity index (χ4n) is 2.10. The molecular weight excluding hydrogens is 264 g/mol. The van der Waals surface area contributed by atoms with Gasteiger partial charge in [0, 0.05) is 16.1 Å². The third-order valence-electron chi connectivity index (χ3n) is 3.06. The van der Waals surface area contributed by atoms with Crippen LogP contribution in [0.1, 0.15) is 24.8 Å². The first-order valence-corrected chi connectivity index (χ1v) is 7.42.